The number of carbonyl (C=O) groups excluding carboxylic acids is 1. The Morgan fingerprint density at radius 3 is 2.68 bits per heavy atom. The molecule has 0 saturated carbocycles. The Bertz CT molecular complexity index is 473. The van der Waals surface area contributed by atoms with Gasteiger partial charge in [0.1, 0.15) is 0 Å². The normalized spacial score (nSPS) is 15.2. The summed E-state index contributed by atoms with van der Waals surface area (Å²) < 4.78 is 0. The van der Waals surface area contributed by atoms with E-state index in [1.807, 2.05) is 23.1 Å². The van der Waals surface area contributed by atoms with Gasteiger partial charge in [0, 0.05) is 49.9 Å². The average molecular weight is 324 g/mol. The highest BCUT2D eigenvalue weighted by Gasteiger charge is 2.20. The van der Waals surface area contributed by atoms with E-state index in [-0.39, 0.29) is 5.91 Å². The lowest BCUT2D eigenvalue weighted by atomic mass is 10.2. The fourth-order valence-electron chi connectivity index (χ4n) is 2.67. The van der Waals surface area contributed by atoms with Crippen LogP contribution < -0.4 is 10.2 Å². The van der Waals surface area contributed by atoms with Gasteiger partial charge in [0.15, 0.2) is 0 Å². The van der Waals surface area contributed by atoms with Gasteiger partial charge in [-0.2, -0.15) is 0 Å². The number of piperazine rings is 1. The lowest BCUT2D eigenvalue weighted by Crippen LogP contribution is -2.49. The maximum Gasteiger partial charge on any atom is 0.223 e. The van der Waals surface area contributed by atoms with Crippen molar-refractivity contribution >= 4 is 23.2 Å². The van der Waals surface area contributed by atoms with Crippen molar-refractivity contribution in [3.63, 3.8) is 0 Å². The monoisotopic (exact) mass is 323 g/mol. The minimum Gasteiger partial charge on any atom is -0.368 e. The smallest absolute Gasteiger partial charge is 0.223 e. The number of hydrogen-bond acceptors (Lipinski definition) is 3. The summed E-state index contributed by atoms with van der Waals surface area (Å²) in [6.07, 6.45) is 2.96. The van der Waals surface area contributed by atoms with Crippen molar-refractivity contribution in [3.05, 3.63) is 29.3 Å². The quantitative estimate of drug-likeness (QED) is 0.784. The van der Waals surface area contributed by atoms with Crippen LogP contribution in [-0.2, 0) is 4.79 Å². The van der Waals surface area contributed by atoms with Crippen LogP contribution in [0.15, 0.2) is 24.3 Å². The summed E-state index contributed by atoms with van der Waals surface area (Å²) in [6.45, 7) is 7.29. The zero-order valence-electron chi connectivity index (χ0n) is 13.4. The third-order valence-electron chi connectivity index (χ3n) is 4.03. The molecule has 0 radical (unpaired) electrons. The minimum absolute atomic E-state index is 0.259. The Morgan fingerprint density at radius 2 is 2.00 bits per heavy atom. The molecule has 1 amide bonds. The van der Waals surface area contributed by atoms with Crippen molar-refractivity contribution in [1.82, 2.24) is 10.2 Å². The number of halogens is 1. The number of nitrogens with one attached hydrogen (secondary N) is 1. The molecule has 122 valence electrons. The van der Waals surface area contributed by atoms with E-state index >= 15 is 0 Å². The Morgan fingerprint density at radius 1 is 1.23 bits per heavy atom. The Kier molecular flexibility index (Phi) is 7.00. The molecule has 0 spiro atoms. The predicted molar refractivity (Wildman–Crippen MR) is 92.6 cm³/mol. The zero-order valence-corrected chi connectivity index (χ0v) is 14.1. The first-order valence-electron chi connectivity index (χ1n) is 8.19. The van der Waals surface area contributed by atoms with Crippen LogP contribution in [0.25, 0.3) is 0 Å². The molecule has 1 aromatic carbocycles. The van der Waals surface area contributed by atoms with Crippen LogP contribution in [0.4, 0.5) is 5.69 Å². The topological polar surface area (TPSA) is 35.6 Å². The molecule has 1 N–H and O–H groups in total. The van der Waals surface area contributed by atoms with Gasteiger partial charge in [-0.05, 0) is 31.2 Å². The number of benzene rings is 1. The molecule has 0 bridgehead atoms. The van der Waals surface area contributed by atoms with Gasteiger partial charge in [-0.1, -0.05) is 31.0 Å². The van der Waals surface area contributed by atoms with Gasteiger partial charge in [-0.3, -0.25) is 4.79 Å². The summed E-state index contributed by atoms with van der Waals surface area (Å²) in [7, 11) is 0. The molecule has 1 aliphatic heterocycles. The van der Waals surface area contributed by atoms with Crippen molar-refractivity contribution in [3.8, 4) is 0 Å². The van der Waals surface area contributed by atoms with Crippen LogP contribution in [-0.4, -0.2) is 50.1 Å². The lowest BCUT2D eigenvalue weighted by molar-refractivity contribution is -0.131. The van der Waals surface area contributed by atoms with E-state index in [0.29, 0.717) is 6.42 Å². The van der Waals surface area contributed by atoms with Gasteiger partial charge in [0.05, 0.1) is 0 Å². The molecular formula is C17H26ClN3O. The molecule has 2 rings (SSSR count). The maximum atomic E-state index is 12.2. The first kappa shape index (κ1) is 17.1. The van der Waals surface area contributed by atoms with Gasteiger partial charge < -0.3 is 15.1 Å². The van der Waals surface area contributed by atoms with Crippen molar-refractivity contribution in [2.45, 2.75) is 26.2 Å². The van der Waals surface area contributed by atoms with E-state index in [1.165, 1.54) is 12.8 Å². The van der Waals surface area contributed by atoms with E-state index in [9.17, 15) is 4.79 Å². The largest absolute Gasteiger partial charge is 0.368 e. The first-order chi connectivity index (χ1) is 10.7. The second-order valence-corrected chi connectivity index (χ2v) is 6.14. The number of anilines is 1. The molecule has 5 heteroatoms. The SMILES string of the molecule is CCCCNCCC(=O)N1CCN(c2cccc(Cl)c2)CC1. The highest BCUT2D eigenvalue weighted by molar-refractivity contribution is 6.30. The van der Waals surface area contributed by atoms with Crippen molar-refractivity contribution < 1.29 is 4.79 Å². The number of carbonyl (C=O) groups is 1. The van der Waals surface area contributed by atoms with E-state index in [0.717, 1.165) is 50.0 Å². The third kappa shape index (κ3) is 5.18. The molecule has 4 nitrogen and oxygen atoms in total. The Balaban J connectivity index is 1.71. The first-order valence-corrected chi connectivity index (χ1v) is 8.57. The summed E-state index contributed by atoms with van der Waals surface area (Å²) in [5.74, 6) is 0.259. The molecule has 0 aliphatic carbocycles. The second-order valence-electron chi connectivity index (χ2n) is 5.70. The van der Waals surface area contributed by atoms with Gasteiger partial charge in [0.2, 0.25) is 5.91 Å². The van der Waals surface area contributed by atoms with Crippen molar-refractivity contribution in [2.75, 3.05) is 44.2 Å². The molecule has 1 fully saturated rings. The molecule has 1 aromatic rings. The Hall–Kier alpha value is -1.26. The van der Waals surface area contributed by atoms with Crippen LogP contribution in [0.5, 0.6) is 0 Å². The number of hydrogen-bond donors (Lipinski definition) is 1. The van der Waals surface area contributed by atoms with Crippen LogP contribution in [0.2, 0.25) is 5.02 Å². The fraction of sp³-hybridized carbons (Fsp3) is 0.588. The molecule has 1 heterocycles. The molecule has 1 saturated heterocycles. The summed E-state index contributed by atoms with van der Waals surface area (Å²) in [5, 5.41) is 4.08. The van der Waals surface area contributed by atoms with E-state index in [4.69, 9.17) is 11.6 Å². The number of unbranched alkanes of at least 4 members (excludes halogenated alkanes) is 1. The van der Waals surface area contributed by atoms with E-state index in [2.05, 4.69) is 23.2 Å². The summed E-state index contributed by atoms with van der Waals surface area (Å²) in [5.41, 5.74) is 1.14. The zero-order chi connectivity index (χ0) is 15.8. The highest BCUT2D eigenvalue weighted by Crippen LogP contribution is 2.20. The Labute approximate surface area is 138 Å². The van der Waals surface area contributed by atoms with Gasteiger partial charge in [-0.15, -0.1) is 0 Å². The lowest BCUT2D eigenvalue weighted by Gasteiger charge is -2.36. The third-order valence-corrected chi connectivity index (χ3v) is 4.26. The van der Waals surface area contributed by atoms with Crippen LogP contribution >= 0.6 is 11.6 Å². The van der Waals surface area contributed by atoms with Crippen molar-refractivity contribution in [1.29, 1.82) is 0 Å². The van der Waals surface area contributed by atoms with E-state index in [1.54, 1.807) is 0 Å². The second kappa shape index (κ2) is 9.01. The molecule has 1 aliphatic rings. The number of nitrogens with zero attached hydrogens (tertiary/aromatic N) is 2. The van der Waals surface area contributed by atoms with Crippen molar-refractivity contribution in [2.24, 2.45) is 0 Å². The molecular weight excluding hydrogens is 298 g/mol. The van der Waals surface area contributed by atoms with Gasteiger partial charge in [0.25, 0.3) is 0 Å². The summed E-state index contributed by atoms with van der Waals surface area (Å²) in [6, 6.07) is 7.91. The van der Waals surface area contributed by atoms with Gasteiger partial charge in [-0.25, -0.2) is 0 Å². The summed E-state index contributed by atoms with van der Waals surface area (Å²) in [4.78, 5) is 16.4. The van der Waals surface area contributed by atoms with Crippen LogP contribution in [0.1, 0.15) is 26.2 Å². The average Bonchev–Trinajstić information content (AvgIpc) is 2.54. The highest BCUT2D eigenvalue weighted by atomic mass is 35.5. The van der Waals surface area contributed by atoms with Crippen LogP contribution in [0, 0.1) is 0 Å². The maximum absolute atomic E-state index is 12.2. The molecule has 0 aromatic heterocycles. The standard InChI is InChI=1S/C17H26ClN3O/c1-2-3-8-19-9-7-17(22)21-12-10-20(11-13-21)16-6-4-5-15(18)14-16/h4-6,14,19H,2-3,7-13H2,1H3. The van der Waals surface area contributed by atoms with Crippen LogP contribution in [0.3, 0.4) is 0 Å². The van der Waals surface area contributed by atoms with Gasteiger partial charge >= 0.3 is 0 Å². The fourth-order valence-corrected chi connectivity index (χ4v) is 2.85. The minimum atomic E-state index is 0.259. The molecule has 22 heavy (non-hydrogen) atoms. The predicted octanol–water partition coefficient (Wildman–Crippen LogP) is 2.77. The van der Waals surface area contributed by atoms with E-state index < -0.39 is 0 Å². The molecule has 0 unspecified atom stereocenters. The molecule has 0 atom stereocenters. The number of amides is 1. The number of rotatable bonds is 7. The summed E-state index contributed by atoms with van der Waals surface area (Å²) >= 11 is 6.04.